The van der Waals surface area contributed by atoms with Crippen molar-refractivity contribution in [3.8, 4) is 0 Å². The van der Waals surface area contributed by atoms with Crippen LogP contribution in [0.2, 0.25) is 0 Å². The molecule has 8 nitrogen and oxygen atoms in total. The van der Waals surface area contributed by atoms with Gasteiger partial charge >= 0.3 is 0 Å². The molecule has 4 aromatic rings. The average Bonchev–Trinajstić information content (AvgIpc) is 3.04. The highest BCUT2D eigenvalue weighted by molar-refractivity contribution is 5.98. The van der Waals surface area contributed by atoms with Crippen LogP contribution in [0.3, 0.4) is 0 Å². The first-order valence-electron chi connectivity index (χ1n) is 10.1. The maximum absolute atomic E-state index is 13.3. The molecule has 31 heavy (non-hydrogen) atoms. The Morgan fingerprint density at radius 3 is 2.32 bits per heavy atom. The first kappa shape index (κ1) is 20.3. The molecule has 8 heteroatoms. The number of carbonyl (C=O) groups is 2. The van der Waals surface area contributed by atoms with E-state index < -0.39 is 6.04 Å². The van der Waals surface area contributed by atoms with Gasteiger partial charge in [0.15, 0.2) is 5.65 Å². The molecule has 0 unspecified atom stereocenters. The van der Waals surface area contributed by atoms with Crippen molar-refractivity contribution in [2.75, 3.05) is 10.6 Å². The lowest BCUT2D eigenvalue weighted by molar-refractivity contribution is -0.119. The van der Waals surface area contributed by atoms with Gasteiger partial charge < -0.3 is 10.6 Å². The van der Waals surface area contributed by atoms with Gasteiger partial charge in [-0.05, 0) is 49.7 Å². The highest BCUT2D eigenvalue weighted by atomic mass is 16.2. The normalized spacial score (nSPS) is 12.1. The van der Waals surface area contributed by atoms with E-state index >= 15 is 0 Å². The number of aromatic nitrogens is 3. The molecule has 2 aromatic heterocycles. The number of amides is 2. The Labute approximate surface area is 178 Å². The number of aryl methyl sites for hydroxylation is 1. The number of hydrogen-bond acceptors (Lipinski definition) is 4. The Bertz CT molecular complexity index is 1350. The van der Waals surface area contributed by atoms with Crippen molar-refractivity contribution >= 4 is 39.7 Å². The minimum Gasteiger partial charge on any atom is -0.326 e. The van der Waals surface area contributed by atoms with Crippen molar-refractivity contribution in [1.82, 2.24) is 14.2 Å². The van der Waals surface area contributed by atoms with Gasteiger partial charge in [-0.25, -0.2) is 4.52 Å². The summed E-state index contributed by atoms with van der Waals surface area (Å²) in [5.74, 6) is -0.341. The number of fused-ring (bicyclic) bond motifs is 3. The third-order valence-corrected chi connectivity index (χ3v) is 5.15. The zero-order chi connectivity index (χ0) is 22.1. The molecule has 4 rings (SSSR count). The molecule has 2 amide bonds. The van der Waals surface area contributed by atoms with E-state index in [4.69, 9.17) is 0 Å². The summed E-state index contributed by atoms with van der Waals surface area (Å²) in [5, 5.41) is 6.47. The number of anilines is 2. The quantitative estimate of drug-likeness (QED) is 0.519. The van der Waals surface area contributed by atoms with Crippen LogP contribution in [-0.4, -0.2) is 26.0 Å². The summed E-state index contributed by atoms with van der Waals surface area (Å²) in [4.78, 5) is 40.7. The molecule has 1 atom stereocenters. The minimum atomic E-state index is -0.527. The van der Waals surface area contributed by atoms with Crippen LogP contribution in [0, 0.1) is 6.92 Å². The molecular weight excluding hydrogens is 394 g/mol. The van der Waals surface area contributed by atoms with Crippen molar-refractivity contribution in [2.45, 2.75) is 33.2 Å². The fraction of sp³-hybridized carbons (Fsp3) is 0.217. The molecule has 0 saturated heterocycles. The van der Waals surface area contributed by atoms with Crippen LogP contribution in [0.1, 0.15) is 32.0 Å². The molecule has 0 aliphatic rings. The summed E-state index contributed by atoms with van der Waals surface area (Å²) in [5.41, 5.74) is 3.04. The van der Waals surface area contributed by atoms with Gasteiger partial charge in [-0.2, -0.15) is 4.98 Å². The number of benzene rings is 2. The largest absolute Gasteiger partial charge is 0.326 e. The summed E-state index contributed by atoms with van der Waals surface area (Å²) in [7, 11) is 0. The van der Waals surface area contributed by atoms with Crippen LogP contribution >= 0.6 is 0 Å². The third kappa shape index (κ3) is 3.79. The van der Waals surface area contributed by atoms with Crippen molar-refractivity contribution in [1.29, 1.82) is 0 Å². The van der Waals surface area contributed by atoms with E-state index in [1.54, 1.807) is 24.3 Å². The molecule has 2 N–H and O–H groups in total. The lowest BCUT2D eigenvalue weighted by atomic mass is 10.2. The molecule has 0 aliphatic heterocycles. The highest BCUT2D eigenvalue weighted by Gasteiger charge is 2.25. The number of carbonyl (C=O) groups excluding carboxylic acids is 2. The van der Waals surface area contributed by atoms with Crippen LogP contribution < -0.4 is 16.2 Å². The molecular formula is C23H23N5O3. The van der Waals surface area contributed by atoms with Gasteiger partial charge in [0, 0.05) is 35.4 Å². The molecule has 0 radical (unpaired) electrons. The predicted molar refractivity (Wildman–Crippen MR) is 120 cm³/mol. The molecule has 0 bridgehead atoms. The topological polar surface area (TPSA) is 97.5 Å². The van der Waals surface area contributed by atoms with Crippen molar-refractivity contribution in [2.24, 2.45) is 0 Å². The van der Waals surface area contributed by atoms with E-state index in [0.717, 1.165) is 10.9 Å². The number of rotatable bonds is 5. The number of para-hydroxylation sites is 1. The van der Waals surface area contributed by atoms with E-state index in [9.17, 15) is 14.4 Å². The van der Waals surface area contributed by atoms with Gasteiger partial charge in [0.05, 0.1) is 5.52 Å². The van der Waals surface area contributed by atoms with Gasteiger partial charge in [-0.1, -0.05) is 19.1 Å². The maximum atomic E-state index is 13.3. The van der Waals surface area contributed by atoms with E-state index in [1.165, 1.54) is 13.0 Å². The smallest absolute Gasteiger partial charge is 0.273 e. The van der Waals surface area contributed by atoms with Crippen molar-refractivity contribution < 1.29 is 9.59 Å². The summed E-state index contributed by atoms with van der Waals surface area (Å²) in [6.45, 7) is 5.21. The van der Waals surface area contributed by atoms with E-state index in [2.05, 4.69) is 15.6 Å². The second-order valence-corrected chi connectivity index (χ2v) is 7.40. The zero-order valence-corrected chi connectivity index (χ0v) is 17.5. The molecule has 0 spiro atoms. The number of nitrogens with one attached hydrogen (secondary N) is 2. The summed E-state index contributed by atoms with van der Waals surface area (Å²) >= 11 is 0. The number of hydrogen-bond donors (Lipinski definition) is 2. The van der Waals surface area contributed by atoms with Crippen molar-refractivity contribution in [3.63, 3.8) is 0 Å². The van der Waals surface area contributed by atoms with Crippen LogP contribution in [0.5, 0.6) is 0 Å². The zero-order valence-electron chi connectivity index (χ0n) is 17.5. The standard InChI is InChI=1S/C23H23N5O3/c1-4-19(23(31)25-17-11-9-16(10-12-17)24-15(3)29)28-20-8-6-5-7-18(20)22-26-21(30)13-14(2)27(22)28/h5-13,19H,4H2,1-3H3,(H,24,29)(H,25,31)/t19-/m1/s1. The fourth-order valence-corrected chi connectivity index (χ4v) is 3.85. The first-order valence-corrected chi connectivity index (χ1v) is 10.1. The van der Waals surface area contributed by atoms with E-state index in [-0.39, 0.29) is 17.4 Å². The number of nitrogens with zero attached hydrogens (tertiary/aromatic N) is 3. The third-order valence-electron chi connectivity index (χ3n) is 5.15. The molecule has 0 fully saturated rings. The SMILES string of the molecule is CC[C@H](C(=O)Nc1ccc(NC(C)=O)cc1)n1c2ccccc2c2nc(=O)cc(C)n21. The Morgan fingerprint density at radius 2 is 1.68 bits per heavy atom. The molecule has 0 saturated carbocycles. The van der Waals surface area contributed by atoms with Crippen LogP contribution in [0.4, 0.5) is 11.4 Å². The van der Waals surface area contributed by atoms with E-state index in [1.807, 2.05) is 47.3 Å². The summed E-state index contributed by atoms with van der Waals surface area (Å²) in [6, 6.07) is 15.5. The van der Waals surface area contributed by atoms with Gasteiger partial charge in [0.25, 0.3) is 5.56 Å². The molecule has 158 valence electrons. The summed E-state index contributed by atoms with van der Waals surface area (Å²) < 4.78 is 3.73. The average molecular weight is 417 g/mol. The molecule has 2 heterocycles. The maximum Gasteiger partial charge on any atom is 0.273 e. The van der Waals surface area contributed by atoms with Crippen LogP contribution in [-0.2, 0) is 9.59 Å². The Hall–Kier alpha value is -3.94. The van der Waals surface area contributed by atoms with Gasteiger partial charge in [-0.15, -0.1) is 0 Å². The Morgan fingerprint density at radius 1 is 1.03 bits per heavy atom. The Kier molecular flexibility index (Phi) is 5.29. The van der Waals surface area contributed by atoms with Gasteiger partial charge in [-0.3, -0.25) is 19.1 Å². The van der Waals surface area contributed by atoms with Crippen molar-refractivity contribution in [3.05, 3.63) is 70.6 Å². The molecule has 2 aromatic carbocycles. The second-order valence-electron chi connectivity index (χ2n) is 7.40. The van der Waals surface area contributed by atoms with Gasteiger partial charge in [0.2, 0.25) is 11.8 Å². The highest BCUT2D eigenvalue weighted by Crippen LogP contribution is 2.27. The van der Waals surface area contributed by atoms with Crippen LogP contribution in [0.15, 0.2) is 59.4 Å². The minimum absolute atomic E-state index is 0.156. The molecule has 0 aliphatic carbocycles. The van der Waals surface area contributed by atoms with Gasteiger partial charge in [0.1, 0.15) is 6.04 Å². The lowest BCUT2D eigenvalue weighted by Gasteiger charge is -2.20. The fourth-order valence-electron chi connectivity index (χ4n) is 3.85. The monoisotopic (exact) mass is 417 g/mol. The van der Waals surface area contributed by atoms with Crippen LogP contribution in [0.25, 0.3) is 16.6 Å². The first-order chi connectivity index (χ1) is 14.9. The lowest BCUT2D eigenvalue weighted by Crippen LogP contribution is -2.29. The summed E-state index contributed by atoms with van der Waals surface area (Å²) in [6.07, 6.45) is 0.537. The van der Waals surface area contributed by atoms with E-state index in [0.29, 0.717) is 29.1 Å². The second kappa shape index (κ2) is 8.06. The predicted octanol–water partition coefficient (Wildman–Crippen LogP) is 3.51. The Balaban J connectivity index is 1.75.